The quantitative estimate of drug-likeness (QED) is 0.889. The maximum absolute atomic E-state index is 5.44. The van der Waals surface area contributed by atoms with Crippen LogP contribution in [0.1, 0.15) is 62.6 Å². The molecule has 110 valence electrons. The summed E-state index contributed by atoms with van der Waals surface area (Å²) in [6.45, 7) is 2.30. The van der Waals surface area contributed by atoms with E-state index < -0.39 is 0 Å². The van der Waals surface area contributed by atoms with Crippen LogP contribution in [0.15, 0.2) is 18.2 Å². The standard InChI is InChI=1S/C18H27NO/c1-3-15-11-14-9-10-16(20-2)12-17(14)18(19-15)13-7-5-4-6-8-13/h9-10,12-13,15,18-19H,3-8,11H2,1-2H3. The fourth-order valence-corrected chi connectivity index (χ4v) is 3.96. The van der Waals surface area contributed by atoms with E-state index in [4.69, 9.17) is 4.74 Å². The van der Waals surface area contributed by atoms with Crippen LogP contribution < -0.4 is 10.1 Å². The highest BCUT2D eigenvalue weighted by molar-refractivity contribution is 5.40. The van der Waals surface area contributed by atoms with Crippen LogP contribution >= 0.6 is 0 Å². The Balaban J connectivity index is 1.92. The first kappa shape index (κ1) is 13.9. The zero-order chi connectivity index (χ0) is 13.9. The summed E-state index contributed by atoms with van der Waals surface area (Å²) in [5.74, 6) is 1.81. The third kappa shape index (κ3) is 2.71. The van der Waals surface area contributed by atoms with Gasteiger partial charge in [-0.1, -0.05) is 32.3 Å². The lowest BCUT2D eigenvalue weighted by atomic mass is 9.77. The largest absolute Gasteiger partial charge is 0.497 e. The van der Waals surface area contributed by atoms with Crippen molar-refractivity contribution in [2.45, 2.75) is 64.0 Å². The van der Waals surface area contributed by atoms with Crippen molar-refractivity contribution >= 4 is 0 Å². The molecule has 1 N–H and O–H groups in total. The van der Waals surface area contributed by atoms with Gasteiger partial charge < -0.3 is 10.1 Å². The third-order valence-corrected chi connectivity index (χ3v) is 5.18. The first-order chi connectivity index (χ1) is 9.81. The van der Waals surface area contributed by atoms with Crippen LogP contribution in [-0.2, 0) is 6.42 Å². The number of fused-ring (bicyclic) bond motifs is 1. The molecule has 1 heterocycles. The lowest BCUT2D eigenvalue weighted by Crippen LogP contribution is -2.42. The van der Waals surface area contributed by atoms with Gasteiger partial charge in [0.25, 0.3) is 0 Å². The number of ether oxygens (including phenoxy) is 1. The van der Waals surface area contributed by atoms with Crippen molar-refractivity contribution in [3.05, 3.63) is 29.3 Å². The van der Waals surface area contributed by atoms with Gasteiger partial charge in [0.05, 0.1) is 7.11 Å². The van der Waals surface area contributed by atoms with Crippen molar-refractivity contribution in [1.29, 1.82) is 0 Å². The van der Waals surface area contributed by atoms with Crippen molar-refractivity contribution in [2.75, 3.05) is 7.11 Å². The first-order valence-corrected chi connectivity index (χ1v) is 8.24. The smallest absolute Gasteiger partial charge is 0.119 e. The minimum absolute atomic E-state index is 0.541. The number of hydrogen-bond donors (Lipinski definition) is 1. The molecule has 2 heteroatoms. The van der Waals surface area contributed by atoms with Gasteiger partial charge in [-0.2, -0.15) is 0 Å². The summed E-state index contributed by atoms with van der Waals surface area (Å²) in [5.41, 5.74) is 3.04. The highest BCUT2D eigenvalue weighted by Gasteiger charge is 2.32. The average Bonchev–Trinajstić information content (AvgIpc) is 2.54. The van der Waals surface area contributed by atoms with Crippen molar-refractivity contribution in [2.24, 2.45) is 5.92 Å². The Morgan fingerprint density at radius 2 is 2.00 bits per heavy atom. The molecule has 0 radical (unpaired) electrons. The van der Waals surface area contributed by atoms with Crippen LogP contribution in [0, 0.1) is 5.92 Å². The van der Waals surface area contributed by atoms with E-state index in [-0.39, 0.29) is 0 Å². The Kier molecular flexibility index (Phi) is 4.30. The second-order valence-electron chi connectivity index (χ2n) is 6.42. The van der Waals surface area contributed by atoms with Gasteiger partial charge in [0.2, 0.25) is 0 Å². The average molecular weight is 273 g/mol. The Bertz CT molecular complexity index is 451. The van der Waals surface area contributed by atoms with Gasteiger partial charge in [-0.15, -0.1) is 0 Å². The highest BCUT2D eigenvalue weighted by Crippen LogP contribution is 2.39. The molecule has 0 aromatic heterocycles. The van der Waals surface area contributed by atoms with Gasteiger partial charge in [0, 0.05) is 12.1 Å². The van der Waals surface area contributed by atoms with Crippen LogP contribution in [0.3, 0.4) is 0 Å². The molecule has 1 aromatic carbocycles. The van der Waals surface area contributed by atoms with E-state index in [1.165, 1.54) is 56.1 Å². The SMILES string of the molecule is CCC1Cc2ccc(OC)cc2C(C2CCCCC2)N1. The van der Waals surface area contributed by atoms with Crippen LogP contribution in [0.2, 0.25) is 0 Å². The molecule has 1 fully saturated rings. The van der Waals surface area contributed by atoms with Gasteiger partial charge in [-0.05, 0) is 54.9 Å². The summed E-state index contributed by atoms with van der Waals surface area (Å²) in [7, 11) is 1.77. The number of rotatable bonds is 3. The predicted octanol–water partition coefficient (Wildman–Crippen LogP) is 4.24. The summed E-state index contributed by atoms with van der Waals surface area (Å²) in [6.07, 6.45) is 9.37. The normalized spacial score (nSPS) is 27.1. The van der Waals surface area contributed by atoms with E-state index in [1.807, 2.05) is 0 Å². The first-order valence-electron chi connectivity index (χ1n) is 8.24. The summed E-state index contributed by atoms with van der Waals surface area (Å²) >= 11 is 0. The molecule has 1 saturated carbocycles. The number of hydrogen-bond acceptors (Lipinski definition) is 2. The van der Waals surface area contributed by atoms with E-state index in [2.05, 4.69) is 30.4 Å². The van der Waals surface area contributed by atoms with Crippen molar-refractivity contribution in [3.63, 3.8) is 0 Å². The molecule has 0 saturated heterocycles. The van der Waals surface area contributed by atoms with Crippen molar-refractivity contribution in [1.82, 2.24) is 5.32 Å². The number of nitrogens with one attached hydrogen (secondary N) is 1. The van der Waals surface area contributed by atoms with Gasteiger partial charge in [0.1, 0.15) is 5.75 Å². The minimum Gasteiger partial charge on any atom is -0.497 e. The van der Waals surface area contributed by atoms with E-state index >= 15 is 0 Å². The van der Waals surface area contributed by atoms with Crippen LogP contribution in [0.5, 0.6) is 5.75 Å². The van der Waals surface area contributed by atoms with E-state index in [1.54, 1.807) is 7.11 Å². The molecular weight excluding hydrogens is 246 g/mol. The second kappa shape index (κ2) is 6.17. The molecule has 1 aliphatic carbocycles. The van der Waals surface area contributed by atoms with Gasteiger partial charge in [0.15, 0.2) is 0 Å². The Morgan fingerprint density at radius 3 is 2.70 bits per heavy atom. The topological polar surface area (TPSA) is 21.3 Å². The fraction of sp³-hybridized carbons (Fsp3) is 0.667. The Labute approximate surface area is 122 Å². The summed E-state index contributed by atoms with van der Waals surface area (Å²) in [4.78, 5) is 0. The lowest BCUT2D eigenvalue weighted by molar-refractivity contribution is 0.238. The van der Waals surface area contributed by atoms with Crippen LogP contribution in [-0.4, -0.2) is 13.2 Å². The Morgan fingerprint density at radius 1 is 1.20 bits per heavy atom. The Hall–Kier alpha value is -1.02. The highest BCUT2D eigenvalue weighted by atomic mass is 16.5. The summed E-state index contributed by atoms with van der Waals surface area (Å²) in [6, 6.07) is 7.86. The third-order valence-electron chi connectivity index (χ3n) is 5.18. The molecule has 0 amide bonds. The van der Waals surface area contributed by atoms with Gasteiger partial charge >= 0.3 is 0 Å². The second-order valence-corrected chi connectivity index (χ2v) is 6.42. The molecule has 2 atom stereocenters. The fourth-order valence-electron chi connectivity index (χ4n) is 3.96. The summed E-state index contributed by atoms with van der Waals surface area (Å²) < 4.78 is 5.44. The maximum Gasteiger partial charge on any atom is 0.119 e. The molecular formula is C18H27NO. The number of methoxy groups -OCH3 is 1. The molecule has 2 nitrogen and oxygen atoms in total. The molecule has 2 aliphatic rings. The van der Waals surface area contributed by atoms with Gasteiger partial charge in [-0.25, -0.2) is 0 Å². The van der Waals surface area contributed by atoms with Gasteiger partial charge in [-0.3, -0.25) is 0 Å². The monoisotopic (exact) mass is 273 g/mol. The summed E-state index contributed by atoms with van der Waals surface area (Å²) in [5, 5.41) is 3.92. The molecule has 20 heavy (non-hydrogen) atoms. The molecule has 0 spiro atoms. The van der Waals surface area contributed by atoms with Crippen LogP contribution in [0.25, 0.3) is 0 Å². The molecule has 0 bridgehead atoms. The van der Waals surface area contributed by atoms with E-state index in [9.17, 15) is 0 Å². The predicted molar refractivity (Wildman–Crippen MR) is 83.2 cm³/mol. The molecule has 2 unspecified atom stereocenters. The number of benzene rings is 1. The molecule has 1 aliphatic heterocycles. The zero-order valence-electron chi connectivity index (χ0n) is 12.8. The molecule has 3 rings (SSSR count). The van der Waals surface area contributed by atoms with E-state index in [0.29, 0.717) is 12.1 Å². The maximum atomic E-state index is 5.44. The molecule has 1 aromatic rings. The van der Waals surface area contributed by atoms with Crippen molar-refractivity contribution in [3.8, 4) is 5.75 Å². The lowest BCUT2D eigenvalue weighted by Gasteiger charge is -2.39. The minimum atomic E-state index is 0.541. The van der Waals surface area contributed by atoms with Crippen LogP contribution in [0.4, 0.5) is 0 Å². The van der Waals surface area contributed by atoms with Crippen molar-refractivity contribution < 1.29 is 4.74 Å². The zero-order valence-corrected chi connectivity index (χ0v) is 12.8. The van der Waals surface area contributed by atoms with E-state index in [0.717, 1.165) is 11.7 Å².